The first kappa shape index (κ1) is 14.0. The molecule has 1 fully saturated rings. The molecule has 2 heterocycles. The first-order valence-corrected chi connectivity index (χ1v) is 7.94. The lowest BCUT2D eigenvalue weighted by molar-refractivity contribution is 0.133. The first-order chi connectivity index (χ1) is 8.65. The zero-order valence-electron chi connectivity index (χ0n) is 11.7. The van der Waals surface area contributed by atoms with Gasteiger partial charge in [-0.15, -0.1) is 11.3 Å². The second-order valence-electron chi connectivity index (χ2n) is 5.81. The van der Waals surface area contributed by atoms with E-state index in [9.17, 15) is 0 Å². The third-order valence-corrected chi connectivity index (χ3v) is 4.31. The van der Waals surface area contributed by atoms with Gasteiger partial charge in [0.25, 0.3) is 0 Å². The molecule has 0 bridgehead atoms. The summed E-state index contributed by atoms with van der Waals surface area (Å²) in [5.41, 5.74) is 3.17. The van der Waals surface area contributed by atoms with Crippen LogP contribution in [-0.4, -0.2) is 41.6 Å². The molecule has 2 rings (SSSR count). The summed E-state index contributed by atoms with van der Waals surface area (Å²) < 4.78 is 0. The van der Waals surface area contributed by atoms with Gasteiger partial charge in [0.2, 0.25) is 0 Å². The van der Waals surface area contributed by atoms with Crippen LogP contribution in [0.5, 0.6) is 0 Å². The van der Waals surface area contributed by atoms with E-state index in [2.05, 4.69) is 41.4 Å². The molecule has 1 aromatic rings. The summed E-state index contributed by atoms with van der Waals surface area (Å²) in [6, 6.07) is 1.31. The van der Waals surface area contributed by atoms with E-state index in [4.69, 9.17) is 0 Å². The van der Waals surface area contributed by atoms with Crippen molar-refractivity contribution in [1.29, 1.82) is 0 Å². The van der Waals surface area contributed by atoms with Gasteiger partial charge >= 0.3 is 0 Å². The van der Waals surface area contributed by atoms with Crippen LogP contribution in [0.25, 0.3) is 0 Å². The molecule has 1 aliphatic rings. The van der Waals surface area contributed by atoms with Crippen LogP contribution in [0.1, 0.15) is 32.9 Å². The zero-order valence-corrected chi connectivity index (χ0v) is 12.5. The van der Waals surface area contributed by atoms with Crippen LogP contribution in [0.4, 0.5) is 0 Å². The fraction of sp³-hybridized carbons (Fsp3) is 0.786. The molecular formula is C14H25N3S. The fourth-order valence-electron chi connectivity index (χ4n) is 2.65. The van der Waals surface area contributed by atoms with E-state index < -0.39 is 0 Å². The summed E-state index contributed by atoms with van der Waals surface area (Å²) in [7, 11) is 0. The van der Waals surface area contributed by atoms with Crippen LogP contribution in [0.2, 0.25) is 0 Å². The molecule has 3 nitrogen and oxygen atoms in total. The van der Waals surface area contributed by atoms with E-state index in [1.165, 1.54) is 18.7 Å². The van der Waals surface area contributed by atoms with Gasteiger partial charge in [-0.25, -0.2) is 4.98 Å². The van der Waals surface area contributed by atoms with Crippen LogP contribution in [0.3, 0.4) is 0 Å². The van der Waals surface area contributed by atoms with Crippen molar-refractivity contribution < 1.29 is 0 Å². The monoisotopic (exact) mass is 267 g/mol. The molecule has 1 saturated heterocycles. The molecule has 0 saturated carbocycles. The predicted octanol–water partition coefficient (Wildman–Crippen LogP) is 2.39. The Hall–Kier alpha value is -0.450. The van der Waals surface area contributed by atoms with Crippen LogP contribution in [-0.2, 0) is 6.42 Å². The highest BCUT2D eigenvalue weighted by molar-refractivity contribution is 7.07. The predicted molar refractivity (Wildman–Crippen MR) is 78.1 cm³/mol. The van der Waals surface area contributed by atoms with Crippen molar-refractivity contribution in [3.05, 3.63) is 16.6 Å². The van der Waals surface area contributed by atoms with Crippen molar-refractivity contribution in [3.8, 4) is 0 Å². The molecule has 2 unspecified atom stereocenters. The Kier molecular flexibility index (Phi) is 5.15. The topological polar surface area (TPSA) is 28.2 Å². The van der Waals surface area contributed by atoms with Gasteiger partial charge in [0.05, 0.1) is 11.2 Å². The molecule has 4 heteroatoms. The van der Waals surface area contributed by atoms with Gasteiger partial charge in [-0.3, -0.25) is 4.90 Å². The first-order valence-electron chi connectivity index (χ1n) is 6.99. The van der Waals surface area contributed by atoms with Crippen molar-refractivity contribution in [2.24, 2.45) is 5.92 Å². The third kappa shape index (κ3) is 4.04. The number of rotatable bonds is 5. The molecule has 0 amide bonds. The largest absolute Gasteiger partial charge is 0.311 e. The van der Waals surface area contributed by atoms with E-state index in [1.54, 1.807) is 11.3 Å². The maximum atomic E-state index is 4.37. The summed E-state index contributed by atoms with van der Waals surface area (Å²) in [5, 5.41) is 5.83. The second-order valence-corrected chi connectivity index (χ2v) is 6.53. The Labute approximate surface area is 115 Å². The van der Waals surface area contributed by atoms with Gasteiger partial charge in [0.15, 0.2) is 0 Å². The molecule has 0 spiro atoms. The summed E-state index contributed by atoms with van der Waals surface area (Å²) in [6.07, 6.45) is 2.36. The minimum Gasteiger partial charge on any atom is -0.311 e. The van der Waals surface area contributed by atoms with Crippen LogP contribution < -0.4 is 5.32 Å². The number of piperazine rings is 1. The van der Waals surface area contributed by atoms with Gasteiger partial charge in [0, 0.05) is 43.5 Å². The van der Waals surface area contributed by atoms with Gasteiger partial charge in [0.1, 0.15) is 0 Å². The summed E-state index contributed by atoms with van der Waals surface area (Å²) in [6.45, 7) is 10.4. The van der Waals surface area contributed by atoms with Gasteiger partial charge in [-0.1, -0.05) is 13.8 Å². The van der Waals surface area contributed by atoms with Crippen molar-refractivity contribution in [1.82, 2.24) is 15.2 Å². The van der Waals surface area contributed by atoms with E-state index in [1.807, 2.05) is 5.51 Å². The fourth-order valence-corrected chi connectivity index (χ4v) is 3.24. The molecule has 0 aliphatic carbocycles. The Bertz CT molecular complexity index is 337. The average molecular weight is 267 g/mol. The quantitative estimate of drug-likeness (QED) is 0.888. The van der Waals surface area contributed by atoms with Crippen molar-refractivity contribution in [2.45, 2.75) is 45.7 Å². The molecule has 1 aliphatic heterocycles. The maximum Gasteiger partial charge on any atom is 0.0794 e. The van der Waals surface area contributed by atoms with Gasteiger partial charge in [-0.05, 0) is 19.3 Å². The average Bonchev–Trinajstić information content (AvgIpc) is 2.82. The molecule has 0 aromatic carbocycles. The van der Waals surface area contributed by atoms with E-state index in [-0.39, 0.29) is 0 Å². The summed E-state index contributed by atoms with van der Waals surface area (Å²) in [4.78, 5) is 6.98. The smallest absolute Gasteiger partial charge is 0.0794 e. The van der Waals surface area contributed by atoms with Gasteiger partial charge in [-0.2, -0.15) is 0 Å². The lowest BCUT2D eigenvalue weighted by Gasteiger charge is -2.39. The Morgan fingerprint density at radius 3 is 3.06 bits per heavy atom. The second kappa shape index (κ2) is 6.64. The highest BCUT2D eigenvalue weighted by Crippen LogP contribution is 2.14. The standard InChI is InChI=1S/C14H25N3S/c1-11(2)6-14-8-17(12(3)7-15-14)5-4-13-9-18-10-16-13/h9-12,14-15H,4-8H2,1-3H3. The van der Waals surface area contributed by atoms with Crippen molar-refractivity contribution in [3.63, 3.8) is 0 Å². The number of hydrogen-bond donors (Lipinski definition) is 1. The molecule has 1 N–H and O–H groups in total. The minimum atomic E-state index is 0.645. The van der Waals surface area contributed by atoms with E-state index >= 15 is 0 Å². The highest BCUT2D eigenvalue weighted by Gasteiger charge is 2.24. The lowest BCUT2D eigenvalue weighted by atomic mass is 10.00. The number of aromatic nitrogens is 1. The number of nitrogens with zero attached hydrogens (tertiary/aromatic N) is 2. The maximum absolute atomic E-state index is 4.37. The Morgan fingerprint density at radius 2 is 2.39 bits per heavy atom. The molecule has 1 aromatic heterocycles. The highest BCUT2D eigenvalue weighted by atomic mass is 32.1. The molecule has 2 atom stereocenters. The molecule has 102 valence electrons. The van der Waals surface area contributed by atoms with E-state index in [0.717, 1.165) is 25.4 Å². The minimum absolute atomic E-state index is 0.645. The number of nitrogens with one attached hydrogen (secondary N) is 1. The Balaban J connectivity index is 1.81. The van der Waals surface area contributed by atoms with Crippen LogP contribution >= 0.6 is 11.3 Å². The normalized spacial score (nSPS) is 25.8. The Morgan fingerprint density at radius 1 is 1.56 bits per heavy atom. The van der Waals surface area contributed by atoms with Crippen molar-refractivity contribution in [2.75, 3.05) is 19.6 Å². The van der Waals surface area contributed by atoms with Crippen LogP contribution in [0.15, 0.2) is 10.9 Å². The van der Waals surface area contributed by atoms with E-state index in [0.29, 0.717) is 12.1 Å². The summed E-state index contributed by atoms with van der Waals surface area (Å²) >= 11 is 1.69. The van der Waals surface area contributed by atoms with Gasteiger partial charge < -0.3 is 5.32 Å². The zero-order chi connectivity index (χ0) is 13.0. The molecular weight excluding hydrogens is 242 g/mol. The van der Waals surface area contributed by atoms with Crippen molar-refractivity contribution >= 4 is 11.3 Å². The van der Waals surface area contributed by atoms with Crippen LogP contribution in [0, 0.1) is 5.92 Å². The third-order valence-electron chi connectivity index (χ3n) is 3.67. The lowest BCUT2D eigenvalue weighted by Crippen LogP contribution is -2.56. The number of thiazole rings is 1. The summed E-state index contributed by atoms with van der Waals surface area (Å²) in [5.74, 6) is 0.774. The molecule has 18 heavy (non-hydrogen) atoms. The number of hydrogen-bond acceptors (Lipinski definition) is 4. The molecule has 0 radical (unpaired) electrons. The SMILES string of the molecule is CC(C)CC1CN(CCc2cscn2)C(C)CN1.